The maximum Gasteiger partial charge on any atom is 0.408 e. The number of methoxy groups -OCH3 is 1. The van der Waals surface area contributed by atoms with Crippen molar-refractivity contribution in [2.24, 2.45) is 11.8 Å². The summed E-state index contributed by atoms with van der Waals surface area (Å²) in [6.07, 6.45) is 3.32. The van der Waals surface area contributed by atoms with Crippen LogP contribution in [0.5, 0.6) is 5.75 Å². The quantitative estimate of drug-likeness (QED) is 0.313. The van der Waals surface area contributed by atoms with Crippen molar-refractivity contribution in [3.8, 4) is 16.9 Å². The number of benzene rings is 2. The molecule has 1 saturated carbocycles. The fourth-order valence-corrected chi connectivity index (χ4v) is 5.56. The summed E-state index contributed by atoms with van der Waals surface area (Å²) in [5.41, 5.74) is 5.31. The highest BCUT2D eigenvalue weighted by atomic mass is 16.6. The first kappa shape index (κ1) is 30.2. The van der Waals surface area contributed by atoms with Crippen LogP contribution in [0.25, 0.3) is 11.1 Å². The van der Waals surface area contributed by atoms with Crippen LogP contribution in [-0.4, -0.2) is 40.5 Å². The number of ether oxygens (including phenoxy) is 2. The van der Waals surface area contributed by atoms with Gasteiger partial charge in [0, 0.05) is 16.9 Å². The number of carbonyl (C=O) groups excluding carboxylic acids is 2. The van der Waals surface area contributed by atoms with E-state index in [1.807, 2.05) is 80.9 Å². The molecule has 1 aromatic heterocycles. The Morgan fingerprint density at radius 2 is 1.63 bits per heavy atom. The van der Waals surface area contributed by atoms with Crippen LogP contribution in [0.3, 0.4) is 0 Å². The van der Waals surface area contributed by atoms with Gasteiger partial charge < -0.3 is 20.1 Å². The summed E-state index contributed by atoms with van der Waals surface area (Å²) in [6, 6.07) is 15.2. The average Bonchev–Trinajstić information content (AvgIpc) is 3.20. The Bertz CT molecular complexity index is 1330. The summed E-state index contributed by atoms with van der Waals surface area (Å²) >= 11 is 0. The van der Waals surface area contributed by atoms with Crippen molar-refractivity contribution in [3.05, 3.63) is 65.5 Å². The Kier molecular flexibility index (Phi) is 9.41. The van der Waals surface area contributed by atoms with E-state index in [0.717, 1.165) is 59.5 Å². The minimum atomic E-state index is -0.655. The number of alkyl carbamates (subject to hydrolysis) is 1. The Morgan fingerprint density at radius 1 is 1.00 bits per heavy atom. The first-order valence-electron chi connectivity index (χ1n) is 14.5. The van der Waals surface area contributed by atoms with Crippen LogP contribution in [0.1, 0.15) is 70.3 Å². The zero-order valence-electron chi connectivity index (χ0n) is 25.4. The maximum atomic E-state index is 13.5. The monoisotopic (exact) mass is 560 g/mol. The van der Waals surface area contributed by atoms with Crippen molar-refractivity contribution in [3.63, 3.8) is 0 Å². The van der Waals surface area contributed by atoms with Crippen LogP contribution in [0.15, 0.2) is 48.5 Å². The van der Waals surface area contributed by atoms with Crippen molar-refractivity contribution in [2.45, 2.75) is 85.4 Å². The highest BCUT2D eigenvalue weighted by Crippen LogP contribution is 2.32. The van der Waals surface area contributed by atoms with Gasteiger partial charge in [-0.3, -0.25) is 9.48 Å². The van der Waals surface area contributed by atoms with Crippen molar-refractivity contribution in [1.82, 2.24) is 15.1 Å². The van der Waals surface area contributed by atoms with Crippen LogP contribution in [-0.2, 0) is 16.1 Å². The SMILES string of the molecule is COc1ccc(Cn2nc(C)c(-c3ccc(NC(=O)[C@@H](NC(=O)OC(C)(C)C)C4CCC(C)CC4)cc3)c2C)cc1. The summed E-state index contributed by atoms with van der Waals surface area (Å²) in [7, 11) is 1.66. The van der Waals surface area contributed by atoms with Gasteiger partial charge in [-0.25, -0.2) is 4.79 Å². The fraction of sp³-hybridized carbons (Fsp3) is 0.485. The van der Waals surface area contributed by atoms with E-state index in [4.69, 9.17) is 14.6 Å². The number of carbonyl (C=O) groups is 2. The normalized spacial score (nSPS) is 17.9. The number of anilines is 1. The number of aryl methyl sites for hydroxylation is 1. The molecule has 220 valence electrons. The molecular formula is C33H44N4O4. The largest absolute Gasteiger partial charge is 0.497 e. The lowest BCUT2D eigenvalue weighted by molar-refractivity contribution is -0.119. The zero-order valence-corrected chi connectivity index (χ0v) is 25.4. The third-order valence-corrected chi connectivity index (χ3v) is 7.80. The number of hydrogen-bond acceptors (Lipinski definition) is 5. The second kappa shape index (κ2) is 12.8. The number of nitrogens with one attached hydrogen (secondary N) is 2. The zero-order chi connectivity index (χ0) is 29.7. The van der Waals surface area contributed by atoms with E-state index in [2.05, 4.69) is 24.5 Å². The van der Waals surface area contributed by atoms with Crippen LogP contribution >= 0.6 is 0 Å². The molecule has 4 rings (SSSR count). The summed E-state index contributed by atoms with van der Waals surface area (Å²) in [5, 5.41) is 10.7. The first-order valence-corrected chi connectivity index (χ1v) is 14.5. The van der Waals surface area contributed by atoms with Crippen molar-refractivity contribution < 1.29 is 19.1 Å². The molecule has 2 aromatic carbocycles. The molecule has 1 aliphatic rings. The third kappa shape index (κ3) is 7.90. The molecule has 2 N–H and O–H groups in total. The number of nitrogens with zero attached hydrogens (tertiary/aromatic N) is 2. The molecule has 0 spiro atoms. The Balaban J connectivity index is 1.47. The second-order valence-corrected chi connectivity index (χ2v) is 12.3. The topological polar surface area (TPSA) is 94.5 Å². The Morgan fingerprint density at radius 3 is 2.22 bits per heavy atom. The molecule has 1 atom stereocenters. The van der Waals surface area contributed by atoms with E-state index in [-0.39, 0.29) is 11.8 Å². The van der Waals surface area contributed by atoms with Crippen molar-refractivity contribution in [1.29, 1.82) is 0 Å². The third-order valence-electron chi connectivity index (χ3n) is 7.80. The molecule has 0 bridgehead atoms. The van der Waals surface area contributed by atoms with Gasteiger partial charge in [-0.1, -0.05) is 44.0 Å². The molecule has 0 radical (unpaired) electrons. The molecule has 0 unspecified atom stereocenters. The van der Waals surface area contributed by atoms with E-state index in [9.17, 15) is 9.59 Å². The standard InChI is InChI=1S/C33H44N4O4/c1-21-8-12-26(13-9-21)30(35-32(39)41-33(4,5)6)31(38)34-27-16-14-25(15-17-27)29-22(2)36-37(23(29)3)20-24-10-18-28(40-7)19-11-24/h10-11,14-19,21,26,30H,8-9,12-13,20H2,1-7H3,(H,34,38)(H,35,39)/t21?,26?,30-/m0/s1. The molecule has 2 amide bonds. The predicted octanol–water partition coefficient (Wildman–Crippen LogP) is 6.88. The number of rotatable bonds is 8. The molecule has 0 aliphatic heterocycles. The molecule has 8 heteroatoms. The van der Waals surface area contributed by atoms with E-state index in [0.29, 0.717) is 18.2 Å². The van der Waals surface area contributed by atoms with Gasteiger partial charge in [0.15, 0.2) is 0 Å². The second-order valence-electron chi connectivity index (χ2n) is 12.3. The molecule has 1 fully saturated rings. The van der Waals surface area contributed by atoms with Crippen LogP contribution in [0.2, 0.25) is 0 Å². The summed E-state index contributed by atoms with van der Waals surface area (Å²) < 4.78 is 12.8. The smallest absolute Gasteiger partial charge is 0.408 e. The van der Waals surface area contributed by atoms with E-state index < -0.39 is 17.7 Å². The van der Waals surface area contributed by atoms with Gasteiger partial charge in [-0.05, 0) is 94.7 Å². The summed E-state index contributed by atoms with van der Waals surface area (Å²) in [4.78, 5) is 26.1. The van der Waals surface area contributed by atoms with Gasteiger partial charge >= 0.3 is 6.09 Å². The lowest BCUT2D eigenvalue weighted by Crippen LogP contribution is -2.50. The van der Waals surface area contributed by atoms with Gasteiger partial charge in [0.2, 0.25) is 5.91 Å². The molecule has 1 aliphatic carbocycles. The predicted molar refractivity (Wildman–Crippen MR) is 162 cm³/mol. The molecule has 1 heterocycles. The minimum absolute atomic E-state index is 0.0693. The molecule has 8 nitrogen and oxygen atoms in total. The van der Waals surface area contributed by atoms with E-state index >= 15 is 0 Å². The lowest BCUT2D eigenvalue weighted by Gasteiger charge is -2.33. The first-order chi connectivity index (χ1) is 19.4. The minimum Gasteiger partial charge on any atom is -0.497 e. The van der Waals surface area contributed by atoms with Gasteiger partial charge in [-0.2, -0.15) is 5.10 Å². The van der Waals surface area contributed by atoms with E-state index in [1.54, 1.807) is 7.11 Å². The number of hydrogen-bond donors (Lipinski definition) is 2. The van der Waals surface area contributed by atoms with Gasteiger partial charge in [-0.15, -0.1) is 0 Å². The van der Waals surface area contributed by atoms with Crippen LogP contribution in [0, 0.1) is 25.7 Å². The van der Waals surface area contributed by atoms with Crippen molar-refractivity contribution in [2.75, 3.05) is 12.4 Å². The highest BCUT2D eigenvalue weighted by Gasteiger charge is 2.33. The molecule has 41 heavy (non-hydrogen) atoms. The van der Waals surface area contributed by atoms with Gasteiger partial charge in [0.1, 0.15) is 17.4 Å². The lowest BCUT2D eigenvalue weighted by atomic mass is 9.79. The van der Waals surface area contributed by atoms with Gasteiger partial charge in [0.05, 0.1) is 19.3 Å². The fourth-order valence-electron chi connectivity index (χ4n) is 5.56. The van der Waals surface area contributed by atoms with Crippen LogP contribution in [0.4, 0.5) is 10.5 Å². The Hall–Kier alpha value is -3.81. The summed E-state index contributed by atoms with van der Waals surface area (Å²) in [6.45, 7) is 12.4. The van der Waals surface area contributed by atoms with Gasteiger partial charge in [0.25, 0.3) is 0 Å². The number of aromatic nitrogens is 2. The van der Waals surface area contributed by atoms with E-state index in [1.165, 1.54) is 0 Å². The van der Waals surface area contributed by atoms with Crippen molar-refractivity contribution >= 4 is 17.7 Å². The molecule has 0 saturated heterocycles. The number of amides is 2. The highest BCUT2D eigenvalue weighted by molar-refractivity contribution is 5.97. The Labute approximate surface area is 243 Å². The summed E-state index contributed by atoms with van der Waals surface area (Å²) in [5.74, 6) is 1.31. The van der Waals surface area contributed by atoms with Crippen LogP contribution < -0.4 is 15.4 Å². The molecule has 3 aromatic rings. The maximum absolute atomic E-state index is 13.5. The molecular weight excluding hydrogens is 516 g/mol. The average molecular weight is 561 g/mol.